The number of hydrogen-bond donors (Lipinski definition) is 1. The van der Waals surface area contributed by atoms with Crippen LogP contribution >= 0.6 is 0 Å². The van der Waals surface area contributed by atoms with Gasteiger partial charge in [-0.1, -0.05) is 13.8 Å². The molecule has 0 amide bonds. The Morgan fingerprint density at radius 3 is 2.76 bits per heavy atom. The zero-order valence-corrected chi connectivity index (χ0v) is 12.9. The maximum absolute atomic E-state index is 4.87. The summed E-state index contributed by atoms with van der Waals surface area (Å²) >= 11 is 0. The molecular weight excluding hydrogens is 262 g/mol. The normalized spacial score (nSPS) is 18.7. The molecule has 2 aromatic heterocycles. The predicted octanol–water partition coefficient (Wildman–Crippen LogP) is 1.75. The maximum Gasteiger partial charge on any atom is 0.157 e. The lowest BCUT2D eigenvalue weighted by Crippen LogP contribution is -2.44. The third-order valence-electron chi connectivity index (χ3n) is 4.63. The van der Waals surface area contributed by atoms with Gasteiger partial charge in [0, 0.05) is 43.5 Å². The predicted molar refractivity (Wildman–Crippen MR) is 84.2 cm³/mol. The first-order valence-electron chi connectivity index (χ1n) is 8.11. The Morgan fingerprint density at radius 1 is 1.19 bits per heavy atom. The van der Waals surface area contributed by atoms with Gasteiger partial charge in [0.1, 0.15) is 5.82 Å². The van der Waals surface area contributed by atoms with Crippen molar-refractivity contribution >= 4 is 11.5 Å². The van der Waals surface area contributed by atoms with Crippen molar-refractivity contribution < 1.29 is 0 Å². The molecule has 3 heterocycles. The molecule has 21 heavy (non-hydrogen) atoms. The van der Waals surface area contributed by atoms with Crippen molar-refractivity contribution in [2.45, 2.75) is 39.0 Å². The van der Waals surface area contributed by atoms with Crippen molar-refractivity contribution in [1.29, 1.82) is 0 Å². The third kappa shape index (κ3) is 2.11. The van der Waals surface area contributed by atoms with Crippen LogP contribution in [0.15, 0.2) is 6.07 Å². The Bertz CT molecular complexity index is 667. The van der Waals surface area contributed by atoms with Gasteiger partial charge in [-0.15, -0.1) is 0 Å². The Labute approximate surface area is 125 Å². The fraction of sp³-hybridized carbons (Fsp3) is 0.625. The fourth-order valence-electron chi connectivity index (χ4n) is 3.47. The van der Waals surface area contributed by atoms with E-state index in [0.29, 0.717) is 5.92 Å². The standard InChI is InChI=1S/C16H23N5/c1-11(2)14-10-15-18-13-5-3-4-12(13)16(21(15)19-14)20-8-6-17-7-9-20/h10-11,17H,3-9H2,1-2H3. The van der Waals surface area contributed by atoms with Crippen LogP contribution < -0.4 is 10.2 Å². The lowest BCUT2D eigenvalue weighted by atomic mass is 10.1. The summed E-state index contributed by atoms with van der Waals surface area (Å²) in [6.07, 6.45) is 3.49. The van der Waals surface area contributed by atoms with Crippen LogP contribution in [0.1, 0.15) is 43.1 Å². The number of piperazine rings is 1. The SMILES string of the molecule is CC(C)c1cc2nc3c(c(N4CCNCC4)n2n1)CCC3. The summed E-state index contributed by atoms with van der Waals surface area (Å²) in [6.45, 7) is 8.61. The highest BCUT2D eigenvalue weighted by Crippen LogP contribution is 2.32. The van der Waals surface area contributed by atoms with Crippen LogP contribution in [0.3, 0.4) is 0 Å². The van der Waals surface area contributed by atoms with Gasteiger partial charge in [-0.3, -0.25) is 0 Å². The molecule has 1 aliphatic carbocycles. The number of nitrogens with zero attached hydrogens (tertiary/aromatic N) is 4. The first-order chi connectivity index (χ1) is 10.2. The van der Waals surface area contributed by atoms with E-state index in [2.05, 4.69) is 34.6 Å². The molecule has 0 unspecified atom stereocenters. The molecule has 0 saturated carbocycles. The zero-order chi connectivity index (χ0) is 14.4. The van der Waals surface area contributed by atoms with Gasteiger partial charge in [0.25, 0.3) is 0 Å². The number of aryl methyl sites for hydroxylation is 1. The molecule has 0 radical (unpaired) electrons. The summed E-state index contributed by atoms with van der Waals surface area (Å²) in [6, 6.07) is 2.16. The van der Waals surface area contributed by atoms with E-state index < -0.39 is 0 Å². The monoisotopic (exact) mass is 285 g/mol. The molecule has 1 aliphatic heterocycles. The second-order valence-electron chi connectivity index (χ2n) is 6.45. The summed E-state index contributed by atoms with van der Waals surface area (Å²) in [5.41, 5.74) is 4.89. The molecule has 0 atom stereocenters. The van der Waals surface area contributed by atoms with Gasteiger partial charge in [-0.05, 0) is 25.2 Å². The minimum Gasteiger partial charge on any atom is -0.354 e. The second kappa shape index (κ2) is 4.98. The van der Waals surface area contributed by atoms with Crippen molar-refractivity contribution in [1.82, 2.24) is 19.9 Å². The average molecular weight is 285 g/mol. The van der Waals surface area contributed by atoms with Gasteiger partial charge in [0.2, 0.25) is 0 Å². The smallest absolute Gasteiger partial charge is 0.157 e. The van der Waals surface area contributed by atoms with Crippen LogP contribution in [0.4, 0.5) is 5.82 Å². The Hall–Kier alpha value is -1.62. The van der Waals surface area contributed by atoms with Gasteiger partial charge in [-0.25, -0.2) is 4.98 Å². The third-order valence-corrected chi connectivity index (χ3v) is 4.63. The maximum atomic E-state index is 4.87. The number of fused-ring (bicyclic) bond motifs is 2. The zero-order valence-electron chi connectivity index (χ0n) is 12.9. The Kier molecular flexibility index (Phi) is 3.10. The molecule has 0 spiro atoms. The summed E-state index contributed by atoms with van der Waals surface area (Å²) in [7, 11) is 0. The van der Waals surface area contributed by atoms with Crippen LogP contribution in [0, 0.1) is 0 Å². The molecule has 4 rings (SSSR count). The topological polar surface area (TPSA) is 45.5 Å². The summed E-state index contributed by atoms with van der Waals surface area (Å²) in [5, 5.41) is 8.29. The molecule has 1 fully saturated rings. The summed E-state index contributed by atoms with van der Waals surface area (Å²) in [4.78, 5) is 7.36. The van der Waals surface area contributed by atoms with Gasteiger partial charge < -0.3 is 10.2 Å². The van der Waals surface area contributed by atoms with Crippen LogP contribution in [0.5, 0.6) is 0 Å². The highest BCUT2D eigenvalue weighted by atomic mass is 15.4. The van der Waals surface area contributed by atoms with Crippen molar-refractivity contribution in [3.63, 3.8) is 0 Å². The van der Waals surface area contributed by atoms with Crippen LogP contribution in [-0.2, 0) is 12.8 Å². The molecular formula is C16H23N5. The summed E-state index contributed by atoms with van der Waals surface area (Å²) in [5.74, 6) is 1.75. The molecule has 1 saturated heterocycles. The second-order valence-corrected chi connectivity index (χ2v) is 6.45. The summed E-state index contributed by atoms with van der Waals surface area (Å²) < 4.78 is 2.10. The number of hydrogen-bond acceptors (Lipinski definition) is 4. The number of anilines is 1. The van der Waals surface area contributed by atoms with Crippen molar-refractivity contribution in [3.8, 4) is 0 Å². The van der Waals surface area contributed by atoms with E-state index in [1.165, 1.54) is 23.5 Å². The first kappa shape index (κ1) is 13.1. The van der Waals surface area contributed by atoms with E-state index in [4.69, 9.17) is 10.1 Å². The largest absolute Gasteiger partial charge is 0.354 e. The van der Waals surface area contributed by atoms with Gasteiger partial charge in [0.15, 0.2) is 5.65 Å². The van der Waals surface area contributed by atoms with Crippen molar-refractivity contribution in [3.05, 3.63) is 23.0 Å². The molecule has 0 aromatic carbocycles. The minimum atomic E-state index is 0.442. The highest BCUT2D eigenvalue weighted by molar-refractivity contribution is 5.59. The first-order valence-corrected chi connectivity index (χ1v) is 8.11. The lowest BCUT2D eigenvalue weighted by Gasteiger charge is -2.31. The minimum absolute atomic E-state index is 0.442. The molecule has 112 valence electrons. The quantitative estimate of drug-likeness (QED) is 0.913. The number of aromatic nitrogens is 3. The van der Waals surface area contributed by atoms with Crippen LogP contribution in [-0.4, -0.2) is 40.8 Å². The molecule has 2 aliphatic rings. The van der Waals surface area contributed by atoms with E-state index in [0.717, 1.165) is 50.4 Å². The number of rotatable bonds is 2. The molecule has 5 heteroatoms. The van der Waals surface area contributed by atoms with E-state index in [1.807, 2.05) is 0 Å². The number of nitrogens with one attached hydrogen (secondary N) is 1. The van der Waals surface area contributed by atoms with Gasteiger partial charge in [0.05, 0.1) is 5.69 Å². The highest BCUT2D eigenvalue weighted by Gasteiger charge is 2.25. The van der Waals surface area contributed by atoms with E-state index in [1.54, 1.807) is 0 Å². The fourth-order valence-corrected chi connectivity index (χ4v) is 3.47. The Balaban J connectivity index is 1.92. The van der Waals surface area contributed by atoms with Crippen LogP contribution in [0.2, 0.25) is 0 Å². The molecule has 0 bridgehead atoms. The Morgan fingerprint density at radius 2 is 2.00 bits per heavy atom. The average Bonchev–Trinajstić information content (AvgIpc) is 3.11. The molecule has 5 nitrogen and oxygen atoms in total. The van der Waals surface area contributed by atoms with Crippen molar-refractivity contribution in [2.24, 2.45) is 0 Å². The molecule has 1 N–H and O–H groups in total. The van der Waals surface area contributed by atoms with Crippen LogP contribution in [0.25, 0.3) is 5.65 Å². The molecule has 2 aromatic rings. The lowest BCUT2D eigenvalue weighted by molar-refractivity contribution is 0.577. The van der Waals surface area contributed by atoms with Gasteiger partial charge >= 0.3 is 0 Å². The van der Waals surface area contributed by atoms with E-state index in [-0.39, 0.29) is 0 Å². The van der Waals surface area contributed by atoms with Gasteiger partial charge in [-0.2, -0.15) is 9.61 Å². The van der Waals surface area contributed by atoms with E-state index >= 15 is 0 Å². The van der Waals surface area contributed by atoms with E-state index in [9.17, 15) is 0 Å². The van der Waals surface area contributed by atoms with Crippen molar-refractivity contribution in [2.75, 3.05) is 31.1 Å².